The Morgan fingerprint density at radius 2 is 1.18 bits per heavy atom. The van der Waals surface area contributed by atoms with E-state index in [1.807, 2.05) is 0 Å². The van der Waals surface area contributed by atoms with Crippen molar-refractivity contribution in [1.82, 2.24) is 0 Å². The average molecular weight is 342 g/mol. The standard InChI is InChI=1S/C14H22F8/c1-4-10(9-12(3,16)14(20,21)22)7-5-6-8-11(2,15)13(17,18)19/h10H,4-9H2,1-3H3. The van der Waals surface area contributed by atoms with Gasteiger partial charge in [-0.05, 0) is 39.0 Å². The first-order valence-electron chi connectivity index (χ1n) is 7.15. The Labute approximate surface area is 125 Å². The Hall–Kier alpha value is -0.560. The zero-order chi connectivity index (χ0) is 17.8. The van der Waals surface area contributed by atoms with Crippen LogP contribution in [-0.2, 0) is 0 Å². The van der Waals surface area contributed by atoms with Crippen LogP contribution in [0.3, 0.4) is 0 Å². The van der Waals surface area contributed by atoms with E-state index in [2.05, 4.69) is 0 Å². The van der Waals surface area contributed by atoms with Crippen LogP contribution in [0, 0.1) is 5.92 Å². The van der Waals surface area contributed by atoms with Crippen molar-refractivity contribution in [2.75, 3.05) is 0 Å². The second-order valence-corrected chi connectivity index (χ2v) is 6.11. The molecule has 0 saturated heterocycles. The van der Waals surface area contributed by atoms with E-state index in [1.54, 1.807) is 6.92 Å². The molecule has 0 aliphatic carbocycles. The van der Waals surface area contributed by atoms with Crippen molar-refractivity contribution >= 4 is 0 Å². The monoisotopic (exact) mass is 342 g/mol. The molecule has 0 nitrogen and oxygen atoms in total. The van der Waals surface area contributed by atoms with Gasteiger partial charge in [-0.1, -0.05) is 26.2 Å². The molecule has 0 radical (unpaired) electrons. The van der Waals surface area contributed by atoms with Crippen molar-refractivity contribution in [3.05, 3.63) is 0 Å². The number of hydrogen-bond acceptors (Lipinski definition) is 0. The van der Waals surface area contributed by atoms with Crippen LogP contribution in [0.15, 0.2) is 0 Å². The third kappa shape index (κ3) is 6.28. The summed E-state index contributed by atoms with van der Waals surface area (Å²) in [6.07, 6.45) is -11.0. The smallest absolute Gasteiger partial charge is 0.234 e. The second kappa shape index (κ2) is 7.34. The van der Waals surface area contributed by atoms with Gasteiger partial charge in [0.1, 0.15) is 0 Å². The average Bonchev–Trinajstić information content (AvgIpc) is 2.29. The largest absolute Gasteiger partial charge is 0.422 e. The molecule has 0 aromatic heterocycles. The molecule has 0 saturated carbocycles. The van der Waals surface area contributed by atoms with Gasteiger partial charge in [0.15, 0.2) is 0 Å². The van der Waals surface area contributed by atoms with E-state index in [0.717, 1.165) is 0 Å². The number of alkyl halides is 8. The molecule has 134 valence electrons. The zero-order valence-corrected chi connectivity index (χ0v) is 12.8. The van der Waals surface area contributed by atoms with Crippen molar-refractivity contribution in [2.45, 2.75) is 83.0 Å². The molecule has 0 aromatic rings. The normalized spacial score (nSPS) is 20.3. The topological polar surface area (TPSA) is 0 Å². The number of halogens is 8. The van der Waals surface area contributed by atoms with Crippen LogP contribution in [0.25, 0.3) is 0 Å². The van der Waals surface area contributed by atoms with Gasteiger partial charge in [0, 0.05) is 0 Å². The fraction of sp³-hybridized carbons (Fsp3) is 1.00. The van der Waals surface area contributed by atoms with Crippen molar-refractivity contribution < 1.29 is 35.1 Å². The predicted octanol–water partition coefficient (Wildman–Crippen LogP) is 6.54. The molecule has 8 heteroatoms. The minimum Gasteiger partial charge on any atom is -0.234 e. The molecule has 3 atom stereocenters. The fourth-order valence-electron chi connectivity index (χ4n) is 2.14. The minimum atomic E-state index is -4.98. The van der Waals surface area contributed by atoms with Gasteiger partial charge in [-0.25, -0.2) is 8.78 Å². The highest BCUT2D eigenvalue weighted by Crippen LogP contribution is 2.41. The molecule has 0 aliphatic rings. The molecular formula is C14H22F8. The van der Waals surface area contributed by atoms with Gasteiger partial charge in [-0.3, -0.25) is 0 Å². The van der Waals surface area contributed by atoms with Crippen molar-refractivity contribution in [2.24, 2.45) is 5.92 Å². The molecular weight excluding hydrogens is 320 g/mol. The van der Waals surface area contributed by atoms with E-state index in [4.69, 9.17) is 0 Å². The van der Waals surface area contributed by atoms with Crippen LogP contribution in [0.1, 0.15) is 59.3 Å². The molecule has 22 heavy (non-hydrogen) atoms. The van der Waals surface area contributed by atoms with Crippen molar-refractivity contribution in [3.63, 3.8) is 0 Å². The summed E-state index contributed by atoms with van der Waals surface area (Å²) in [6.45, 7) is 2.48. The Morgan fingerprint density at radius 1 is 0.727 bits per heavy atom. The third-order valence-electron chi connectivity index (χ3n) is 3.94. The van der Waals surface area contributed by atoms with E-state index in [-0.39, 0.29) is 25.7 Å². The maximum atomic E-state index is 13.6. The van der Waals surface area contributed by atoms with Crippen LogP contribution >= 0.6 is 0 Å². The van der Waals surface area contributed by atoms with Crippen molar-refractivity contribution in [1.29, 1.82) is 0 Å². The van der Waals surface area contributed by atoms with Crippen LogP contribution in [0.4, 0.5) is 35.1 Å². The maximum Gasteiger partial charge on any atom is 0.422 e. The first-order chi connectivity index (χ1) is 9.64. The number of hydrogen-bond donors (Lipinski definition) is 0. The summed E-state index contributed by atoms with van der Waals surface area (Å²) in [7, 11) is 0. The van der Waals surface area contributed by atoms with E-state index in [9.17, 15) is 35.1 Å². The van der Waals surface area contributed by atoms with Crippen LogP contribution in [-0.4, -0.2) is 23.7 Å². The lowest BCUT2D eigenvalue weighted by atomic mass is 9.86. The van der Waals surface area contributed by atoms with Crippen LogP contribution in [0.2, 0.25) is 0 Å². The summed E-state index contributed by atoms with van der Waals surface area (Å²) < 4.78 is 101. The lowest BCUT2D eigenvalue weighted by molar-refractivity contribution is -0.229. The highest BCUT2D eigenvalue weighted by molar-refractivity contribution is 4.85. The molecule has 0 bridgehead atoms. The Bertz CT molecular complexity index is 327. The van der Waals surface area contributed by atoms with Gasteiger partial charge < -0.3 is 0 Å². The highest BCUT2D eigenvalue weighted by Gasteiger charge is 2.53. The van der Waals surface area contributed by atoms with E-state index in [1.165, 1.54) is 0 Å². The molecule has 0 fully saturated rings. The Kier molecular flexibility index (Phi) is 7.15. The molecule has 0 N–H and O–H groups in total. The maximum absolute atomic E-state index is 13.6. The van der Waals surface area contributed by atoms with Crippen LogP contribution < -0.4 is 0 Å². The lowest BCUT2D eigenvalue weighted by Gasteiger charge is -2.28. The van der Waals surface area contributed by atoms with Gasteiger partial charge in [-0.2, -0.15) is 26.3 Å². The van der Waals surface area contributed by atoms with E-state index < -0.39 is 42.4 Å². The fourth-order valence-corrected chi connectivity index (χ4v) is 2.14. The number of unbranched alkanes of at least 4 members (excludes halogenated alkanes) is 1. The summed E-state index contributed by atoms with van der Waals surface area (Å²) in [5, 5.41) is 0. The number of rotatable bonds is 8. The predicted molar refractivity (Wildman–Crippen MR) is 68.0 cm³/mol. The van der Waals surface area contributed by atoms with Gasteiger partial charge >= 0.3 is 12.4 Å². The molecule has 0 amide bonds. The summed E-state index contributed by atoms with van der Waals surface area (Å²) in [6, 6.07) is 0. The summed E-state index contributed by atoms with van der Waals surface area (Å²) >= 11 is 0. The molecule has 0 aliphatic heterocycles. The molecule has 3 unspecified atom stereocenters. The van der Waals surface area contributed by atoms with Gasteiger partial charge in [0.05, 0.1) is 0 Å². The van der Waals surface area contributed by atoms with E-state index in [0.29, 0.717) is 13.8 Å². The molecule has 0 spiro atoms. The van der Waals surface area contributed by atoms with Gasteiger partial charge in [-0.15, -0.1) is 0 Å². The third-order valence-corrected chi connectivity index (χ3v) is 3.94. The quantitative estimate of drug-likeness (QED) is 0.347. The van der Waals surface area contributed by atoms with Gasteiger partial charge in [0.2, 0.25) is 11.3 Å². The Balaban J connectivity index is 4.34. The first kappa shape index (κ1) is 21.4. The lowest BCUT2D eigenvalue weighted by Crippen LogP contribution is -2.39. The second-order valence-electron chi connectivity index (χ2n) is 6.11. The summed E-state index contributed by atoms with van der Waals surface area (Å²) in [5.41, 5.74) is -6.64. The summed E-state index contributed by atoms with van der Waals surface area (Å²) in [5.74, 6) is -0.603. The summed E-state index contributed by atoms with van der Waals surface area (Å²) in [4.78, 5) is 0. The minimum absolute atomic E-state index is 0.113. The molecule has 0 heterocycles. The zero-order valence-electron chi connectivity index (χ0n) is 12.8. The Morgan fingerprint density at radius 3 is 1.55 bits per heavy atom. The first-order valence-corrected chi connectivity index (χ1v) is 7.15. The molecule has 0 aromatic carbocycles. The molecule has 0 rings (SSSR count). The SMILES string of the molecule is CCC(CCCCC(C)(F)C(F)(F)F)CC(C)(F)C(F)(F)F. The van der Waals surface area contributed by atoms with Gasteiger partial charge in [0.25, 0.3) is 0 Å². The van der Waals surface area contributed by atoms with E-state index >= 15 is 0 Å². The van der Waals surface area contributed by atoms with Crippen molar-refractivity contribution in [3.8, 4) is 0 Å². The van der Waals surface area contributed by atoms with Crippen LogP contribution in [0.5, 0.6) is 0 Å². The highest BCUT2D eigenvalue weighted by atomic mass is 19.4.